The summed E-state index contributed by atoms with van der Waals surface area (Å²) in [5.74, 6) is -1.43. The molecule has 0 spiro atoms. The van der Waals surface area contributed by atoms with Crippen molar-refractivity contribution in [3.8, 4) is 6.07 Å². The Bertz CT molecular complexity index is 612. The van der Waals surface area contributed by atoms with Gasteiger partial charge in [-0.15, -0.1) is 4.91 Å². The van der Waals surface area contributed by atoms with Crippen LogP contribution in [0.3, 0.4) is 0 Å². The van der Waals surface area contributed by atoms with Gasteiger partial charge in [-0.3, -0.25) is 9.59 Å². The lowest BCUT2D eigenvalue weighted by Crippen LogP contribution is -2.15. The number of amides is 2. The largest absolute Gasteiger partial charge is 0.322 e. The van der Waals surface area contributed by atoms with Crippen LogP contribution in [0.4, 0.5) is 5.69 Å². The molecule has 2 amide bonds. The van der Waals surface area contributed by atoms with Gasteiger partial charge >= 0.3 is 5.91 Å². The molecule has 0 saturated heterocycles. The fourth-order valence-electron chi connectivity index (χ4n) is 1.30. The molecule has 0 bridgehead atoms. The van der Waals surface area contributed by atoms with Crippen molar-refractivity contribution < 1.29 is 9.59 Å². The summed E-state index contributed by atoms with van der Waals surface area (Å²) in [4.78, 5) is 33.4. The molecule has 1 aromatic carbocycles. The minimum Gasteiger partial charge on any atom is -0.322 e. The Kier molecular flexibility index (Phi) is 4.66. The lowest BCUT2D eigenvalue weighted by Gasteiger charge is -2.08. The zero-order valence-electron chi connectivity index (χ0n) is 10.4. The molecule has 6 heteroatoms. The van der Waals surface area contributed by atoms with E-state index in [4.69, 9.17) is 5.26 Å². The van der Waals surface area contributed by atoms with E-state index in [0.717, 1.165) is 0 Å². The fourth-order valence-corrected chi connectivity index (χ4v) is 1.30. The molecule has 1 N–H and O–H groups in total. The molecule has 96 valence electrons. The molecule has 0 aliphatic heterocycles. The van der Waals surface area contributed by atoms with Gasteiger partial charge in [0.1, 0.15) is 0 Å². The molecule has 0 aliphatic carbocycles. The van der Waals surface area contributed by atoms with Gasteiger partial charge in [-0.25, -0.2) is 0 Å². The van der Waals surface area contributed by atoms with Gasteiger partial charge in [-0.05, 0) is 32.0 Å². The third-order valence-electron chi connectivity index (χ3n) is 2.50. The number of nitrogens with one attached hydrogen (secondary N) is 1. The number of rotatable bonds is 3. The minimum absolute atomic E-state index is 0.105. The van der Waals surface area contributed by atoms with E-state index in [-0.39, 0.29) is 16.8 Å². The van der Waals surface area contributed by atoms with Crippen LogP contribution in [-0.2, 0) is 4.79 Å². The molecule has 0 aromatic heterocycles. The van der Waals surface area contributed by atoms with Crippen molar-refractivity contribution in [2.75, 3.05) is 5.32 Å². The smallest absolute Gasteiger partial charge is 0.318 e. The molecule has 0 atom stereocenters. The fraction of sp³-hybridized carbons (Fsp3) is 0.154. The van der Waals surface area contributed by atoms with Gasteiger partial charge in [-0.2, -0.15) is 5.26 Å². The van der Waals surface area contributed by atoms with Crippen molar-refractivity contribution in [1.82, 2.24) is 0 Å². The summed E-state index contributed by atoms with van der Waals surface area (Å²) in [5.41, 5.74) is 0.704. The van der Waals surface area contributed by atoms with Crippen LogP contribution in [0.1, 0.15) is 29.8 Å². The van der Waals surface area contributed by atoms with Crippen LogP contribution in [0.2, 0.25) is 0 Å². The van der Waals surface area contributed by atoms with E-state index in [1.807, 2.05) is 6.07 Å². The Morgan fingerprint density at radius 1 is 1.42 bits per heavy atom. The van der Waals surface area contributed by atoms with Gasteiger partial charge in [0.05, 0.1) is 22.9 Å². The lowest BCUT2D eigenvalue weighted by atomic mass is 10.1. The molecule has 0 fully saturated rings. The molecule has 6 nitrogen and oxygen atoms in total. The van der Waals surface area contributed by atoms with Crippen molar-refractivity contribution in [3.63, 3.8) is 0 Å². The Hall–Kier alpha value is -2.81. The van der Waals surface area contributed by atoms with Gasteiger partial charge in [0.25, 0.3) is 5.91 Å². The number of carbonyl (C=O) groups is 2. The van der Waals surface area contributed by atoms with E-state index >= 15 is 0 Å². The van der Waals surface area contributed by atoms with Crippen molar-refractivity contribution in [2.45, 2.75) is 13.8 Å². The number of allylic oxidation sites excluding steroid dienone is 1. The van der Waals surface area contributed by atoms with E-state index < -0.39 is 11.8 Å². The van der Waals surface area contributed by atoms with Crippen LogP contribution in [-0.4, -0.2) is 11.8 Å². The molecular formula is C13H11N3O3. The zero-order valence-corrected chi connectivity index (χ0v) is 10.4. The number of nitroso groups, excluding NO2 is 1. The van der Waals surface area contributed by atoms with Gasteiger partial charge < -0.3 is 5.32 Å². The van der Waals surface area contributed by atoms with Gasteiger partial charge in [0.15, 0.2) is 0 Å². The molecule has 0 heterocycles. The third-order valence-corrected chi connectivity index (χ3v) is 2.50. The Morgan fingerprint density at radius 3 is 2.63 bits per heavy atom. The maximum Gasteiger partial charge on any atom is 0.318 e. The van der Waals surface area contributed by atoms with Gasteiger partial charge in [0, 0.05) is 10.7 Å². The standard InChI is InChI=1S/C13H11N3O3/c1-3-8(2)12(17)15-11-5-4-9(7-14)6-10(11)13(18)16-19/h3-6H,1-2H3,(H,15,17)/b8-3+. The van der Waals surface area contributed by atoms with Gasteiger partial charge in [0.2, 0.25) is 0 Å². The van der Waals surface area contributed by atoms with E-state index in [2.05, 4.69) is 10.5 Å². The molecule has 0 saturated carbocycles. The lowest BCUT2D eigenvalue weighted by molar-refractivity contribution is -0.112. The summed E-state index contributed by atoms with van der Waals surface area (Å²) in [7, 11) is 0. The second-order valence-corrected chi connectivity index (χ2v) is 3.69. The molecule has 1 aromatic rings. The van der Waals surface area contributed by atoms with E-state index in [1.54, 1.807) is 19.9 Å². The Labute approximate surface area is 109 Å². The van der Waals surface area contributed by atoms with Crippen LogP contribution in [0.15, 0.2) is 35.0 Å². The second kappa shape index (κ2) is 6.21. The number of nitriles is 1. The predicted octanol–water partition coefficient (Wildman–Crippen LogP) is 2.37. The van der Waals surface area contributed by atoms with Crippen LogP contribution in [0.25, 0.3) is 0 Å². The highest BCUT2D eigenvalue weighted by Gasteiger charge is 2.15. The predicted molar refractivity (Wildman–Crippen MR) is 69.3 cm³/mol. The maximum atomic E-state index is 11.7. The molecule has 0 aliphatic rings. The number of hydrogen-bond donors (Lipinski definition) is 1. The normalized spacial score (nSPS) is 10.5. The van der Waals surface area contributed by atoms with Crippen molar-refractivity contribution >= 4 is 17.5 Å². The van der Waals surface area contributed by atoms with Crippen molar-refractivity contribution in [1.29, 1.82) is 5.26 Å². The maximum absolute atomic E-state index is 11.7. The topological polar surface area (TPSA) is 99.4 Å². The number of hydrogen-bond acceptors (Lipinski definition) is 4. The molecule has 1 rings (SSSR count). The van der Waals surface area contributed by atoms with Crippen LogP contribution < -0.4 is 5.32 Å². The number of carbonyl (C=O) groups excluding carboxylic acids is 2. The first-order valence-electron chi connectivity index (χ1n) is 5.39. The first kappa shape index (κ1) is 14.3. The summed E-state index contributed by atoms with van der Waals surface area (Å²) >= 11 is 0. The van der Waals surface area contributed by atoms with E-state index in [1.165, 1.54) is 18.2 Å². The highest BCUT2D eigenvalue weighted by Crippen LogP contribution is 2.19. The van der Waals surface area contributed by atoms with Crippen LogP contribution >= 0.6 is 0 Å². The highest BCUT2D eigenvalue weighted by atomic mass is 16.3. The minimum atomic E-state index is -1.04. The summed E-state index contributed by atoms with van der Waals surface area (Å²) < 4.78 is 0. The monoisotopic (exact) mass is 257 g/mol. The molecular weight excluding hydrogens is 246 g/mol. The summed E-state index contributed by atoms with van der Waals surface area (Å²) in [6, 6.07) is 5.87. The van der Waals surface area contributed by atoms with Crippen molar-refractivity contribution in [3.05, 3.63) is 45.9 Å². The Morgan fingerprint density at radius 2 is 2.11 bits per heavy atom. The van der Waals surface area contributed by atoms with Crippen LogP contribution in [0.5, 0.6) is 0 Å². The van der Waals surface area contributed by atoms with Crippen LogP contribution in [0, 0.1) is 16.2 Å². The summed E-state index contributed by atoms with van der Waals surface area (Å²) in [5, 5.41) is 13.5. The number of anilines is 1. The zero-order chi connectivity index (χ0) is 14.4. The van der Waals surface area contributed by atoms with E-state index in [9.17, 15) is 14.5 Å². The van der Waals surface area contributed by atoms with Gasteiger partial charge in [-0.1, -0.05) is 6.08 Å². The van der Waals surface area contributed by atoms with Crippen molar-refractivity contribution in [2.24, 2.45) is 5.18 Å². The quantitative estimate of drug-likeness (QED) is 0.663. The summed E-state index contributed by atoms with van der Waals surface area (Å²) in [6.45, 7) is 3.31. The number of benzene rings is 1. The molecule has 0 radical (unpaired) electrons. The summed E-state index contributed by atoms with van der Waals surface area (Å²) in [6.07, 6.45) is 1.61. The number of nitrogens with zero attached hydrogens (tertiary/aromatic N) is 2. The SMILES string of the molecule is C/C=C(\C)C(=O)Nc1ccc(C#N)cc1C(=O)N=O. The highest BCUT2D eigenvalue weighted by molar-refractivity contribution is 6.08. The average Bonchev–Trinajstić information content (AvgIpc) is 2.45. The third kappa shape index (κ3) is 3.33. The molecule has 0 unspecified atom stereocenters. The average molecular weight is 257 g/mol. The first-order chi connectivity index (χ1) is 9.03. The first-order valence-corrected chi connectivity index (χ1v) is 5.39. The Balaban J connectivity index is 3.21. The molecule has 19 heavy (non-hydrogen) atoms. The van der Waals surface area contributed by atoms with E-state index in [0.29, 0.717) is 5.57 Å². The second-order valence-electron chi connectivity index (χ2n) is 3.69.